The monoisotopic (exact) mass is 518 g/mol. The Balaban J connectivity index is 1.95. The van der Waals surface area contributed by atoms with Crippen LogP contribution >= 0.6 is 0 Å². The molecule has 1 aromatic carbocycles. The van der Waals surface area contributed by atoms with Crippen LogP contribution < -0.4 is 4.74 Å². The molecule has 9 nitrogen and oxygen atoms in total. The summed E-state index contributed by atoms with van der Waals surface area (Å²) in [7, 11) is 0. The Morgan fingerprint density at radius 3 is 1.29 bits per heavy atom. The number of hydrogen-bond donors (Lipinski definition) is 0. The summed E-state index contributed by atoms with van der Waals surface area (Å²) in [6.07, 6.45) is -0.486. The highest BCUT2D eigenvalue weighted by atomic mass is 19.2. The molecule has 200 valence electrons. The molecule has 0 heterocycles. The molecule has 0 aromatic heterocycles. The Morgan fingerprint density at radius 2 is 0.886 bits per heavy atom. The average molecular weight is 518 g/mol. The maximum atomic E-state index is 13.4. The van der Waals surface area contributed by atoms with Gasteiger partial charge in [0.15, 0.2) is 0 Å². The Hall–Kier alpha value is -2.39. The third kappa shape index (κ3) is 12.8. The van der Waals surface area contributed by atoms with Crippen LogP contribution in [0, 0.1) is 29.1 Å². The molecule has 0 radical (unpaired) electrons. The Morgan fingerprint density at radius 1 is 0.543 bits per heavy atom. The minimum atomic E-state index is -2.35. The van der Waals surface area contributed by atoms with Gasteiger partial charge in [0.05, 0.1) is 72.5 Å². The molecule has 0 spiro atoms. The van der Waals surface area contributed by atoms with E-state index in [1.165, 1.54) is 6.92 Å². The van der Waals surface area contributed by atoms with Crippen molar-refractivity contribution in [3.05, 3.63) is 29.1 Å². The topological polar surface area (TPSA) is 98.8 Å². The van der Waals surface area contributed by atoms with Crippen molar-refractivity contribution in [1.29, 1.82) is 0 Å². The molecule has 35 heavy (non-hydrogen) atoms. The lowest BCUT2D eigenvalue weighted by atomic mass is 10.2. The summed E-state index contributed by atoms with van der Waals surface area (Å²) in [6.45, 7) is 3.83. The molecule has 0 aliphatic heterocycles. The van der Waals surface area contributed by atoms with Crippen molar-refractivity contribution in [2.24, 2.45) is 0 Å². The maximum Gasteiger partial charge on any atom is 0.313 e. The van der Waals surface area contributed by atoms with E-state index in [0.717, 1.165) is 0 Å². The van der Waals surface area contributed by atoms with E-state index in [-0.39, 0.29) is 39.0 Å². The van der Waals surface area contributed by atoms with Crippen LogP contribution in [0.4, 0.5) is 22.0 Å². The third-order valence-corrected chi connectivity index (χ3v) is 3.86. The summed E-state index contributed by atoms with van der Waals surface area (Å²) in [5, 5.41) is 0. The lowest BCUT2D eigenvalue weighted by Crippen LogP contribution is -2.16. The molecular weight excluding hydrogens is 491 g/mol. The lowest BCUT2D eigenvalue weighted by Gasteiger charge is -2.09. The smallest absolute Gasteiger partial charge is 0.313 e. The first-order valence-electron chi connectivity index (χ1n) is 10.5. The molecule has 14 heteroatoms. The standard InChI is InChI=1S/C21H27F5O9/c1-14(27)34-13-12-33-11-10-32-9-8-31-7-6-30-5-4-29-3-2-15(28)35-21-19(25)17(23)16(22)18(24)20(21)26/h2-13H2,1H3. The lowest BCUT2D eigenvalue weighted by molar-refractivity contribution is -0.142. The second-order valence-electron chi connectivity index (χ2n) is 6.53. The van der Waals surface area contributed by atoms with E-state index in [2.05, 4.69) is 4.74 Å². The molecule has 1 aromatic rings. The average Bonchev–Trinajstić information content (AvgIpc) is 2.83. The van der Waals surface area contributed by atoms with E-state index >= 15 is 0 Å². The minimum absolute atomic E-state index is 0.0797. The number of carbonyl (C=O) groups excluding carboxylic acids is 2. The van der Waals surface area contributed by atoms with Crippen molar-refractivity contribution in [2.75, 3.05) is 72.7 Å². The fourth-order valence-corrected chi connectivity index (χ4v) is 2.22. The molecule has 0 amide bonds. The molecule has 0 N–H and O–H groups in total. The van der Waals surface area contributed by atoms with Crippen molar-refractivity contribution in [2.45, 2.75) is 13.3 Å². The number of esters is 2. The van der Waals surface area contributed by atoms with Crippen molar-refractivity contribution >= 4 is 11.9 Å². The van der Waals surface area contributed by atoms with Crippen LogP contribution in [0.5, 0.6) is 5.75 Å². The third-order valence-electron chi connectivity index (χ3n) is 3.86. The zero-order chi connectivity index (χ0) is 26.1. The number of carbonyl (C=O) groups is 2. The zero-order valence-electron chi connectivity index (χ0n) is 19.0. The molecule has 1 rings (SSSR count). The van der Waals surface area contributed by atoms with Gasteiger partial charge in [0.25, 0.3) is 0 Å². The van der Waals surface area contributed by atoms with Crippen LogP contribution in [0.3, 0.4) is 0 Å². The minimum Gasteiger partial charge on any atom is -0.463 e. The van der Waals surface area contributed by atoms with Gasteiger partial charge in [0.1, 0.15) is 6.61 Å². The fourth-order valence-electron chi connectivity index (χ4n) is 2.22. The molecule has 0 atom stereocenters. The van der Waals surface area contributed by atoms with Gasteiger partial charge in [-0.1, -0.05) is 0 Å². The Bertz CT molecular complexity index is 766. The number of hydrogen-bond acceptors (Lipinski definition) is 9. The van der Waals surface area contributed by atoms with E-state index in [9.17, 15) is 31.5 Å². The van der Waals surface area contributed by atoms with E-state index in [1.54, 1.807) is 0 Å². The van der Waals surface area contributed by atoms with Crippen LogP contribution in [0.2, 0.25) is 0 Å². The summed E-state index contributed by atoms with van der Waals surface area (Å²) in [5.74, 6) is -14.5. The summed E-state index contributed by atoms with van der Waals surface area (Å²) in [6, 6.07) is 0. The number of ether oxygens (including phenoxy) is 7. The second kappa shape index (κ2) is 18.0. The van der Waals surface area contributed by atoms with Crippen molar-refractivity contribution in [3.8, 4) is 5.75 Å². The SMILES string of the molecule is CC(=O)OCCOCCOCCOCCOCCOCCC(=O)Oc1c(F)c(F)c(F)c(F)c1F. The van der Waals surface area contributed by atoms with Gasteiger partial charge < -0.3 is 33.2 Å². The first kappa shape index (κ1) is 30.6. The van der Waals surface area contributed by atoms with Gasteiger partial charge in [-0.15, -0.1) is 0 Å². The molecular formula is C21H27F5O9. The first-order valence-corrected chi connectivity index (χ1v) is 10.5. The van der Waals surface area contributed by atoms with Gasteiger partial charge >= 0.3 is 11.9 Å². The zero-order valence-corrected chi connectivity index (χ0v) is 19.0. The highest BCUT2D eigenvalue weighted by Gasteiger charge is 2.28. The number of benzene rings is 1. The fraction of sp³-hybridized carbons (Fsp3) is 0.619. The van der Waals surface area contributed by atoms with Crippen molar-refractivity contribution in [3.63, 3.8) is 0 Å². The van der Waals surface area contributed by atoms with Gasteiger partial charge in [-0.3, -0.25) is 9.59 Å². The molecule has 0 unspecified atom stereocenters. The first-order chi connectivity index (χ1) is 16.8. The van der Waals surface area contributed by atoms with Crippen LogP contribution in [0.1, 0.15) is 13.3 Å². The highest BCUT2D eigenvalue weighted by molar-refractivity contribution is 5.72. The predicted octanol–water partition coefficient (Wildman–Crippen LogP) is 2.32. The van der Waals surface area contributed by atoms with Gasteiger partial charge in [0, 0.05) is 6.92 Å². The van der Waals surface area contributed by atoms with Gasteiger partial charge in [0.2, 0.25) is 34.8 Å². The van der Waals surface area contributed by atoms with Crippen LogP contribution in [-0.2, 0) is 38.0 Å². The molecule has 0 saturated heterocycles. The molecule has 0 aliphatic carbocycles. The summed E-state index contributed by atoms with van der Waals surface area (Å²) in [5.41, 5.74) is 0. The summed E-state index contributed by atoms with van der Waals surface area (Å²) < 4.78 is 101. The molecule has 0 fully saturated rings. The van der Waals surface area contributed by atoms with Crippen LogP contribution in [0.25, 0.3) is 0 Å². The number of halogens is 5. The van der Waals surface area contributed by atoms with E-state index in [1.807, 2.05) is 0 Å². The second-order valence-corrected chi connectivity index (χ2v) is 6.53. The predicted molar refractivity (Wildman–Crippen MR) is 107 cm³/mol. The van der Waals surface area contributed by atoms with E-state index < -0.39 is 47.2 Å². The van der Waals surface area contributed by atoms with Gasteiger partial charge in [-0.05, 0) is 0 Å². The quantitative estimate of drug-likeness (QED) is 0.0683. The largest absolute Gasteiger partial charge is 0.463 e. The molecule has 0 aliphatic rings. The normalized spacial score (nSPS) is 11.0. The Labute approximate surface area is 198 Å². The Kier molecular flexibility index (Phi) is 15.7. The van der Waals surface area contributed by atoms with Gasteiger partial charge in [-0.25, -0.2) is 13.2 Å². The van der Waals surface area contributed by atoms with Crippen LogP contribution in [0.15, 0.2) is 0 Å². The summed E-state index contributed by atoms with van der Waals surface area (Å²) in [4.78, 5) is 22.1. The summed E-state index contributed by atoms with van der Waals surface area (Å²) >= 11 is 0. The van der Waals surface area contributed by atoms with Crippen molar-refractivity contribution in [1.82, 2.24) is 0 Å². The molecule has 0 saturated carbocycles. The maximum absolute atomic E-state index is 13.4. The molecule has 0 bridgehead atoms. The van der Waals surface area contributed by atoms with E-state index in [0.29, 0.717) is 39.6 Å². The number of rotatable bonds is 19. The van der Waals surface area contributed by atoms with Crippen molar-refractivity contribution < 1.29 is 64.7 Å². The van der Waals surface area contributed by atoms with E-state index in [4.69, 9.17) is 28.4 Å². The van der Waals surface area contributed by atoms with Crippen LogP contribution in [-0.4, -0.2) is 84.6 Å². The highest BCUT2D eigenvalue weighted by Crippen LogP contribution is 2.29. The van der Waals surface area contributed by atoms with Gasteiger partial charge in [-0.2, -0.15) is 8.78 Å².